The molecule has 0 bridgehead atoms. The monoisotopic (exact) mass is 457 g/mol. The number of carbonyl (C=O) groups is 2. The molecule has 0 heterocycles. The molecular formula is C24H31N3O4S. The molecule has 0 aliphatic carbocycles. The number of amides is 1. The Kier molecular flexibility index (Phi) is 11.3. The van der Waals surface area contributed by atoms with Gasteiger partial charge < -0.3 is 20.8 Å². The molecule has 0 fully saturated rings. The van der Waals surface area contributed by atoms with Gasteiger partial charge in [-0.1, -0.05) is 54.6 Å². The van der Waals surface area contributed by atoms with E-state index < -0.39 is 23.2 Å². The van der Waals surface area contributed by atoms with Gasteiger partial charge in [-0.3, -0.25) is 9.59 Å². The lowest BCUT2D eigenvalue weighted by molar-refractivity contribution is -0.137. The minimum absolute atomic E-state index is 0.167. The Morgan fingerprint density at radius 2 is 1.81 bits per heavy atom. The van der Waals surface area contributed by atoms with Gasteiger partial charge in [-0.05, 0) is 41.6 Å². The topological polar surface area (TPSA) is 128 Å². The molecule has 0 saturated carbocycles. The van der Waals surface area contributed by atoms with Crippen molar-refractivity contribution in [3.8, 4) is 0 Å². The Hall–Kier alpha value is -2.84. The highest BCUT2D eigenvalue weighted by atomic mass is 32.2. The number of rotatable bonds is 14. The molecule has 2 atom stereocenters. The number of aryl methyl sites for hydroxylation is 1. The van der Waals surface area contributed by atoms with E-state index >= 15 is 0 Å². The second-order valence-electron chi connectivity index (χ2n) is 7.65. The molecule has 0 radical (unpaired) electrons. The first kappa shape index (κ1) is 25.4. The predicted octanol–water partition coefficient (Wildman–Crippen LogP) is 2.99. The van der Waals surface area contributed by atoms with Crippen molar-refractivity contribution in [2.45, 2.75) is 50.3 Å². The molecule has 2 unspecified atom stereocenters. The molecule has 0 aliphatic rings. The van der Waals surface area contributed by atoms with E-state index in [1.54, 1.807) is 6.21 Å². The summed E-state index contributed by atoms with van der Waals surface area (Å²) in [6.45, 7) is 0. The number of hydrazone groups is 1. The molecule has 8 heteroatoms. The van der Waals surface area contributed by atoms with Crippen molar-refractivity contribution < 1.29 is 19.2 Å². The van der Waals surface area contributed by atoms with E-state index in [1.165, 1.54) is 5.56 Å². The number of nitrogens with two attached hydrogens (primary N) is 1. The van der Waals surface area contributed by atoms with Gasteiger partial charge in [-0.25, -0.2) is 0 Å². The van der Waals surface area contributed by atoms with Crippen LogP contribution in [-0.2, 0) is 32.9 Å². The number of carboxylic acid groups (broad SMARTS) is 1. The highest BCUT2D eigenvalue weighted by molar-refractivity contribution is 7.90. The van der Waals surface area contributed by atoms with Crippen LogP contribution >= 0.6 is 0 Å². The number of nitrogens with zero attached hydrogens (tertiary/aromatic N) is 1. The predicted molar refractivity (Wildman–Crippen MR) is 128 cm³/mol. The Morgan fingerprint density at radius 1 is 1.09 bits per heavy atom. The van der Waals surface area contributed by atoms with Crippen LogP contribution in [0, 0.1) is 0 Å². The van der Waals surface area contributed by atoms with Crippen molar-refractivity contribution in [2.24, 2.45) is 10.9 Å². The number of carbonyl (C=O) groups excluding carboxylic acids is 1. The van der Waals surface area contributed by atoms with Crippen LogP contribution in [0.1, 0.15) is 48.8 Å². The molecular weight excluding hydrogens is 426 g/mol. The molecule has 32 heavy (non-hydrogen) atoms. The van der Waals surface area contributed by atoms with Crippen LogP contribution in [0.4, 0.5) is 0 Å². The molecule has 0 spiro atoms. The van der Waals surface area contributed by atoms with Crippen molar-refractivity contribution in [2.75, 3.05) is 5.75 Å². The van der Waals surface area contributed by atoms with Crippen LogP contribution in [0.25, 0.3) is 0 Å². The van der Waals surface area contributed by atoms with E-state index in [2.05, 4.69) is 10.4 Å². The molecule has 2 aromatic carbocycles. The fourth-order valence-corrected chi connectivity index (χ4v) is 4.57. The third kappa shape index (κ3) is 10.5. The van der Waals surface area contributed by atoms with Crippen LogP contribution < -0.4 is 11.2 Å². The highest BCUT2D eigenvalue weighted by Gasteiger charge is 2.19. The smallest absolute Gasteiger partial charge is 0.305 e. The van der Waals surface area contributed by atoms with Crippen LogP contribution in [0.2, 0.25) is 0 Å². The Labute approximate surface area is 192 Å². The lowest BCUT2D eigenvalue weighted by Gasteiger charge is -2.18. The molecule has 0 saturated heterocycles. The minimum atomic E-state index is -1.11. The van der Waals surface area contributed by atoms with Crippen LogP contribution in [-0.4, -0.2) is 39.5 Å². The first-order valence-corrected chi connectivity index (χ1v) is 12.2. The lowest BCUT2D eigenvalue weighted by atomic mass is 10.0. The maximum Gasteiger partial charge on any atom is 0.305 e. The maximum atomic E-state index is 12.3. The van der Waals surface area contributed by atoms with Gasteiger partial charge in [0.25, 0.3) is 0 Å². The SMILES string of the molecule is NN=Cc1ccc(CCCCC(=O)NC(CC[S+]([O-])Cc2ccccc2)CC(=O)O)cc1. The normalized spacial score (nSPS) is 13.0. The number of hydrogen-bond donors (Lipinski definition) is 3. The van der Waals surface area contributed by atoms with Gasteiger partial charge >= 0.3 is 5.97 Å². The van der Waals surface area contributed by atoms with Crippen molar-refractivity contribution in [3.05, 3.63) is 71.3 Å². The summed E-state index contributed by atoms with van der Waals surface area (Å²) in [5.74, 6) is 4.76. The molecule has 4 N–H and O–H groups in total. The van der Waals surface area contributed by atoms with Gasteiger partial charge in [0, 0.05) is 24.4 Å². The summed E-state index contributed by atoms with van der Waals surface area (Å²) in [5.41, 5.74) is 3.08. The summed E-state index contributed by atoms with van der Waals surface area (Å²) >= 11 is -1.11. The second-order valence-corrected chi connectivity index (χ2v) is 9.23. The number of nitrogens with one attached hydrogen (secondary N) is 1. The van der Waals surface area contributed by atoms with Crippen molar-refractivity contribution >= 4 is 29.3 Å². The number of unbranched alkanes of at least 4 members (excludes halogenated alkanes) is 1. The van der Waals surface area contributed by atoms with E-state index in [9.17, 15) is 14.1 Å². The van der Waals surface area contributed by atoms with Gasteiger partial charge in [-0.15, -0.1) is 0 Å². The third-order valence-electron chi connectivity index (χ3n) is 4.97. The minimum Gasteiger partial charge on any atom is -0.616 e. The summed E-state index contributed by atoms with van der Waals surface area (Å²) in [6.07, 6.45) is 4.52. The maximum absolute atomic E-state index is 12.3. The third-order valence-corrected chi connectivity index (χ3v) is 6.32. The molecule has 2 aromatic rings. The Balaban J connectivity index is 1.71. The van der Waals surface area contributed by atoms with Crippen LogP contribution in [0.15, 0.2) is 59.7 Å². The second kappa shape index (κ2) is 14.3. The molecule has 7 nitrogen and oxygen atoms in total. The number of hydrogen-bond acceptors (Lipinski definition) is 5. The Morgan fingerprint density at radius 3 is 2.47 bits per heavy atom. The van der Waals surface area contributed by atoms with Gasteiger partial charge in [0.05, 0.1) is 12.6 Å². The van der Waals surface area contributed by atoms with E-state index in [0.717, 1.165) is 24.0 Å². The largest absolute Gasteiger partial charge is 0.616 e. The Bertz CT molecular complexity index is 859. The summed E-state index contributed by atoms with van der Waals surface area (Å²) in [5, 5.41) is 15.4. The van der Waals surface area contributed by atoms with Crippen molar-refractivity contribution in [1.82, 2.24) is 5.32 Å². The van der Waals surface area contributed by atoms with Gasteiger partial charge in [-0.2, -0.15) is 5.10 Å². The zero-order chi connectivity index (χ0) is 23.2. The molecule has 2 rings (SSSR count). The number of carboxylic acids is 1. The van der Waals surface area contributed by atoms with Gasteiger partial charge in [0.2, 0.25) is 5.91 Å². The van der Waals surface area contributed by atoms with E-state index in [1.807, 2.05) is 54.6 Å². The fraction of sp³-hybridized carbons (Fsp3) is 0.375. The summed E-state index contributed by atoms with van der Waals surface area (Å²) in [7, 11) is 0. The van der Waals surface area contributed by atoms with Crippen LogP contribution in [0.3, 0.4) is 0 Å². The van der Waals surface area contributed by atoms with E-state index in [4.69, 9.17) is 10.9 Å². The first-order valence-electron chi connectivity index (χ1n) is 10.7. The average Bonchev–Trinajstić information content (AvgIpc) is 2.77. The van der Waals surface area contributed by atoms with Gasteiger partial charge in [0.15, 0.2) is 0 Å². The first-order chi connectivity index (χ1) is 15.5. The highest BCUT2D eigenvalue weighted by Crippen LogP contribution is 2.11. The zero-order valence-corrected chi connectivity index (χ0v) is 18.9. The quantitative estimate of drug-likeness (QED) is 0.132. The zero-order valence-electron chi connectivity index (χ0n) is 18.1. The van der Waals surface area contributed by atoms with Gasteiger partial charge in [0.1, 0.15) is 11.5 Å². The van der Waals surface area contributed by atoms with Crippen LogP contribution in [0.5, 0.6) is 0 Å². The standard InChI is InChI=1S/C24H31N3O4S/c25-26-17-20-12-10-19(11-13-20)6-4-5-9-23(28)27-22(16-24(29)30)14-15-32(31)18-21-7-2-1-3-8-21/h1-3,7-8,10-13,17,22H,4-6,9,14-16,18,25H2,(H,27,28)(H,29,30). The molecule has 0 aliphatic heterocycles. The van der Waals surface area contributed by atoms with E-state index in [-0.39, 0.29) is 12.3 Å². The fourth-order valence-electron chi connectivity index (χ4n) is 3.31. The van der Waals surface area contributed by atoms with Crippen molar-refractivity contribution in [1.29, 1.82) is 0 Å². The number of benzene rings is 2. The summed E-state index contributed by atoms with van der Waals surface area (Å²) in [6, 6.07) is 16.9. The molecule has 1 amide bonds. The summed E-state index contributed by atoms with van der Waals surface area (Å²) in [4.78, 5) is 23.5. The average molecular weight is 458 g/mol. The molecule has 172 valence electrons. The van der Waals surface area contributed by atoms with E-state index in [0.29, 0.717) is 30.8 Å². The lowest BCUT2D eigenvalue weighted by Crippen LogP contribution is -2.37. The van der Waals surface area contributed by atoms with Crippen molar-refractivity contribution in [3.63, 3.8) is 0 Å². The molecule has 0 aromatic heterocycles. The number of aliphatic carboxylic acids is 1. The summed E-state index contributed by atoms with van der Waals surface area (Å²) < 4.78 is 12.3.